The molecule has 5 nitrogen and oxygen atoms in total. The number of fused-ring (bicyclic) bond motifs is 1. The van der Waals surface area contributed by atoms with Crippen molar-refractivity contribution in [2.45, 2.75) is 19.4 Å². The van der Waals surface area contributed by atoms with Gasteiger partial charge in [-0.3, -0.25) is 0 Å². The van der Waals surface area contributed by atoms with Crippen LogP contribution in [-0.2, 0) is 16.0 Å². The lowest BCUT2D eigenvalue weighted by Gasteiger charge is -2.08. The van der Waals surface area contributed by atoms with Crippen molar-refractivity contribution in [1.82, 2.24) is 4.98 Å². The number of rotatable bonds is 3. The summed E-state index contributed by atoms with van der Waals surface area (Å²) in [6.45, 7) is 2.19. The normalized spacial score (nSPS) is 17.5. The fraction of sp³-hybridized carbons (Fsp3) is 0.455. The fourth-order valence-electron chi connectivity index (χ4n) is 1.73. The van der Waals surface area contributed by atoms with Crippen LogP contribution >= 0.6 is 0 Å². The highest BCUT2D eigenvalue weighted by Crippen LogP contribution is 2.27. The van der Waals surface area contributed by atoms with Crippen LogP contribution in [-0.4, -0.2) is 30.7 Å². The molecular formula is C11H14N2O3. The van der Waals surface area contributed by atoms with Gasteiger partial charge in [0.2, 0.25) is 5.88 Å². The first kappa shape index (κ1) is 10.7. The van der Waals surface area contributed by atoms with Crippen LogP contribution in [0.2, 0.25) is 0 Å². The summed E-state index contributed by atoms with van der Waals surface area (Å²) in [5, 5.41) is 3.08. The molecule has 0 saturated heterocycles. The molecule has 2 rings (SSSR count). The number of carbonyl (C=O) groups is 1. The van der Waals surface area contributed by atoms with Gasteiger partial charge in [0.1, 0.15) is 6.04 Å². The molecular weight excluding hydrogens is 208 g/mol. The number of hydrogen-bond donors (Lipinski definition) is 1. The molecule has 1 atom stereocenters. The third-order valence-corrected chi connectivity index (χ3v) is 2.50. The zero-order chi connectivity index (χ0) is 11.5. The Bertz CT molecular complexity index is 406. The number of aromatic nitrogens is 1. The predicted molar refractivity (Wildman–Crippen MR) is 58.5 cm³/mol. The topological polar surface area (TPSA) is 60.5 Å². The number of pyridine rings is 1. The van der Waals surface area contributed by atoms with Crippen LogP contribution in [0.1, 0.15) is 12.5 Å². The van der Waals surface area contributed by atoms with Crippen LogP contribution in [0.5, 0.6) is 5.88 Å². The quantitative estimate of drug-likeness (QED) is 0.773. The van der Waals surface area contributed by atoms with Gasteiger partial charge >= 0.3 is 5.97 Å². The molecule has 86 valence electrons. The van der Waals surface area contributed by atoms with Crippen LogP contribution in [0.3, 0.4) is 0 Å². The number of hydrogen-bond acceptors (Lipinski definition) is 5. The van der Waals surface area contributed by atoms with Gasteiger partial charge in [-0.15, -0.1) is 0 Å². The van der Waals surface area contributed by atoms with Crippen molar-refractivity contribution in [3.63, 3.8) is 0 Å². The average molecular weight is 222 g/mol. The zero-order valence-corrected chi connectivity index (χ0v) is 9.32. The van der Waals surface area contributed by atoms with E-state index in [2.05, 4.69) is 10.3 Å². The monoisotopic (exact) mass is 222 g/mol. The van der Waals surface area contributed by atoms with E-state index in [4.69, 9.17) is 9.47 Å². The standard InChI is InChI=1S/C11H14N2O3/c1-3-16-11(14)8-4-7-5-10(15-2)12-6-9(7)13-8/h5-6,8,13H,3-4H2,1-2H3. The van der Waals surface area contributed by atoms with E-state index in [0.29, 0.717) is 18.9 Å². The van der Waals surface area contributed by atoms with E-state index in [9.17, 15) is 4.79 Å². The van der Waals surface area contributed by atoms with Gasteiger partial charge in [-0.05, 0) is 12.5 Å². The summed E-state index contributed by atoms with van der Waals surface area (Å²) in [7, 11) is 1.57. The first-order chi connectivity index (χ1) is 7.74. The highest BCUT2D eigenvalue weighted by atomic mass is 16.5. The minimum Gasteiger partial charge on any atom is -0.481 e. The molecule has 1 unspecified atom stereocenters. The number of methoxy groups -OCH3 is 1. The summed E-state index contributed by atoms with van der Waals surface area (Å²) in [4.78, 5) is 15.6. The molecule has 16 heavy (non-hydrogen) atoms. The molecule has 0 fully saturated rings. The Kier molecular flexibility index (Phi) is 2.94. The zero-order valence-electron chi connectivity index (χ0n) is 9.32. The summed E-state index contributed by atoms with van der Waals surface area (Å²) in [6, 6.07) is 1.53. The lowest BCUT2D eigenvalue weighted by atomic mass is 10.1. The second-order valence-corrected chi connectivity index (χ2v) is 3.54. The van der Waals surface area contributed by atoms with Gasteiger partial charge in [0.05, 0.1) is 25.6 Å². The minimum absolute atomic E-state index is 0.224. The summed E-state index contributed by atoms with van der Waals surface area (Å²) in [5.74, 6) is 0.336. The van der Waals surface area contributed by atoms with Crippen molar-refractivity contribution >= 4 is 11.7 Å². The largest absolute Gasteiger partial charge is 0.481 e. The molecule has 0 spiro atoms. The third-order valence-electron chi connectivity index (χ3n) is 2.50. The van der Waals surface area contributed by atoms with E-state index >= 15 is 0 Å². The smallest absolute Gasteiger partial charge is 0.328 e. The van der Waals surface area contributed by atoms with Gasteiger partial charge in [-0.2, -0.15) is 0 Å². The number of anilines is 1. The van der Waals surface area contributed by atoms with Crippen molar-refractivity contribution < 1.29 is 14.3 Å². The first-order valence-electron chi connectivity index (χ1n) is 5.20. The number of nitrogens with zero attached hydrogens (tertiary/aromatic N) is 1. The van der Waals surface area contributed by atoms with E-state index in [-0.39, 0.29) is 12.0 Å². The lowest BCUT2D eigenvalue weighted by molar-refractivity contribution is -0.143. The first-order valence-corrected chi connectivity index (χ1v) is 5.20. The Labute approximate surface area is 93.8 Å². The van der Waals surface area contributed by atoms with Crippen LogP contribution < -0.4 is 10.1 Å². The molecule has 0 amide bonds. The van der Waals surface area contributed by atoms with E-state index in [1.165, 1.54) is 0 Å². The van der Waals surface area contributed by atoms with Crippen LogP contribution in [0.15, 0.2) is 12.3 Å². The Morgan fingerprint density at radius 1 is 1.69 bits per heavy atom. The molecule has 0 bridgehead atoms. The molecule has 0 aliphatic carbocycles. The van der Waals surface area contributed by atoms with Gasteiger partial charge < -0.3 is 14.8 Å². The predicted octanol–water partition coefficient (Wildman–Crippen LogP) is 0.990. The molecule has 1 aliphatic rings. The second-order valence-electron chi connectivity index (χ2n) is 3.54. The Morgan fingerprint density at radius 3 is 3.19 bits per heavy atom. The van der Waals surface area contributed by atoms with Gasteiger partial charge in [0.25, 0.3) is 0 Å². The van der Waals surface area contributed by atoms with Crippen molar-refractivity contribution in [3.8, 4) is 5.88 Å². The van der Waals surface area contributed by atoms with Crippen molar-refractivity contribution in [1.29, 1.82) is 0 Å². The van der Waals surface area contributed by atoms with Gasteiger partial charge in [-0.1, -0.05) is 0 Å². The van der Waals surface area contributed by atoms with Crippen LogP contribution in [0.4, 0.5) is 5.69 Å². The maximum absolute atomic E-state index is 11.5. The maximum Gasteiger partial charge on any atom is 0.328 e. The average Bonchev–Trinajstić information content (AvgIpc) is 2.71. The molecule has 0 radical (unpaired) electrons. The summed E-state index contributed by atoms with van der Waals surface area (Å²) >= 11 is 0. The van der Waals surface area contributed by atoms with Crippen molar-refractivity contribution in [3.05, 3.63) is 17.8 Å². The number of esters is 1. The highest BCUT2D eigenvalue weighted by molar-refractivity contribution is 5.82. The van der Waals surface area contributed by atoms with E-state index in [1.807, 2.05) is 6.07 Å². The molecule has 0 saturated carbocycles. The molecule has 5 heteroatoms. The van der Waals surface area contributed by atoms with Crippen LogP contribution in [0.25, 0.3) is 0 Å². The third kappa shape index (κ3) is 1.93. The molecule has 1 aromatic rings. The molecule has 1 aliphatic heterocycles. The van der Waals surface area contributed by atoms with E-state index in [1.54, 1.807) is 20.2 Å². The fourth-order valence-corrected chi connectivity index (χ4v) is 1.73. The summed E-state index contributed by atoms with van der Waals surface area (Å²) < 4.78 is 9.99. The Morgan fingerprint density at radius 2 is 2.50 bits per heavy atom. The number of ether oxygens (including phenoxy) is 2. The Hall–Kier alpha value is -1.78. The van der Waals surface area contributed by atoms with Gasteiger partial charge in [0, 0.05) is 12.5 Å². The molecule has 2 heterocycles. The van der Waals surface area contributed by atoms with E-state index in [0.717, 1.165) is 11.3 Å². The van der Waals surface area contributed by atoms with E-state index < -0.39 is 0 Å². The second kappa shape index (κ2) is 4.38. The Balaban J connectivity index is 2.11. The number of nitrogens with one attached hydrogen (secondary N) is 1. The number of carbonyl (C=O) groups excluding carboxylic acids is 1. The van der Waals surface area contributed by atoms with Crippen LogP contribution in [0, 0.1) is 0 Å². The van der Waals surface area contributed by atoms with Crippen molar-refractivity contribution in [2.75, 3.05) is 19.0 Å². The van der Waals surface area contributed by atoms with Gasteiger partial charge in [0.15, 0.2) is 0 Å². The SMILES string of the molecule is CCOC(=O)C1Cc2cc(OC)ncc2N1. The van der Waals surface area contributed by atoms with Crippen molar-refractivity contribution in [2.24, 2.45) is 0 Å². The lowest BCUT2D eigenvalue weighted by Crippen LogP contribution is -2.28. The molecule has 0 aromatic carbocycles. The van der Waals surface area contributed by atoms with Gasteiger partial charge in [-0.25, -0.2) is 9.78 Å². The summed E-state index contributed by atoms with van der Waals surface area (Å²) in [6.07, 6.45) is 2.29. The molecule has 1 aromatic heterocycles. The molecule has 1 N–H and O–H groups in total. The minimum atomic E-state index is -0.302. The highest BCUT2D eigenvalue weighted by Gasteiger charge is 2.28. The summed E-state index contributed by atoms with van der Waals surface area (Å²) in [5.41, 5.74) is 1.91. The maximum atomic E-state index is 11.5.